The van der Waals surface area contributed by atoms with Gasteiger partial charge in [-0.3, -0.25) is 19.8 Å². The van der Waals surface area contributed by atoms with Gasteiger partial charge in [-0.25, -0.2) is 4.52 Å². The third-order valence-corrected chi connectivity index (χ3v) is 5.98. The molecule has 5 rings (SSSR count). The topological polar surface area (TPSA) is 98.1 Å². The van der Waals surface area contributed by atoms with Crippen LogP contribution in [0.15, 0.2) is 66.9 Å². The number of ether oxygens (including phenoxy) is 2. The largest absolute Gasteiger partial charge is 0.484 e. The number of pyridine rings is 1. The van der Waals surface area contributed by atoms with Crippen LogP contribution < -0.4 is 10.1 Å². The molecule has 36 heavy (non-hydrogen) atoms. The first-order chi connectivity index (χ1) is 17.5. The number of aromatic nitrogens is 3. The Balaban J connectivity index is 1.22. The van der Waals surface area contributed by atoms with Crippen LogP contribution in [-0.4, -0.2) is 64.1 Å². The quantitative estimate of drug-likeness (QED) is 0.382. The summed E-state index contributed by atoms with van der Waals surface area (Å²) < 4.78 is 12.6. The SMILES string of the molecule is CC(=O)c1ccc(OCC(=O)Nc2nc3ccc(-c4cccc(CN5CCOCC5)c4)cn3n2)cc1. The monoisotopic (exact) mass is 485 g/mol. The van der Waals surface area contributed by atoms with Crippen LogP contribution in [0.4, 0.5) is 5.95 Å². The van der Waals surface area contributed by atoms with Crippen molar-refractivity contribution in [3.63, 3.8) is 0 Å². The molecule has 9 nitrogen and oxygen atoms in total. The van der Waals surface area contributed by atoms with Crippen molar-refractivity contribution >= 4 is 23.3 Å². The van der Waals surface area contributed by atoms with Crippen LogP contribution in [-0.2, 0) is 16.1 Å². The molecule has 184 valence electrons. The molecule has 0 saturated carbocycles. The third-order valence-electron chi connectivity index (χ3n) is 5.98. The molecule has 1 N–H and O–H groups in total. The van der Waals surface area contributed by atoms with Crippen LogP contribution in [0.2, 0.25) is 0 Å². The van der Waals surface area contributed by atoms with E-state index in [1.54, 1.807) is 28.8 Å². The van der Waals surface area contributed by atoms with Crippen LogP contribution in [0.25, 0.3) is 16.8 Å². The van der Waals surface area contributed by atoms with Gasteiger partial charge in [-0.05, 0) is 60.5 Å². The second-order valence-corrected chi connectivity index (χ2v) is 8.66. The minimum atomic E-state index is -0.377. The molecule has 0 bridgehead atoms. The van der Waals surface area contributed by atoms with E-state index >= 15 is 0 Å². The summed E-state index contributed by atoms with van der Waals surface area (Å²) in [4.78, 5) is 30.5. The van der Waals surface area contributed by atoms with E-state index in [0.29, 0.717) is 17.0 Å². The lowest BCUT2D eigenvalue weighted by molar-refractivity contribution is -0.118. The van der Waals surface area contributed by atoms with Gasteiger partial charge in [-0.15, -0.1) is 5.10 Å². The number of nitrogens with zero attached hydrogens (tertiary/aromatic N) is 4. The Labute approximate surface area is 208 Å². The molecule has 3 heterocycles. The van der Waals surface area contributed by atoms with Crippen LogP contribution in [0, 0.1) is 0 Å². The maximum Gasteiger partial charge on any atom is 0.264 e. The van der Waals surface area contributed by atoms with E-state index in [0.717, 1.165) is 44.0 Å². The number of amides is 1. The van der Waals surface area contributed by atoms with Crippen molar-refractivity contribution in [1.82, 2.24) is 19.5 Å². The summed E-state index contributed by atoms with van der Waals surface area (Å²) in [6.07, 6.45) is 1.90. The molecule has 1 aliphatic rings. The highest BCUT2D eigenvalue weighted by atomic mass is 16.5. The number of carbonyl (C=O) groups is 2. The van der Waals surface area contributed by atoms with E-state index in [4.69, 9.17) is 9.47 Å². The van der Waals surface area contributed by atoms with Gasteiger partial charge in [0, 0.05) is 37.0 Å². The molecule has 2 aromatic heterocycles. The molecule has 1 aliphatic heterocycles. The summed E-state index contributed by atoms with van der Waals surface area (Å²) in [7, 11) is 0. The number of fused-ring (bicyclic) bond motifs is 1. The first-order valence-corrected chi connectivity index (χ1v) is 11.8. The van der Waals surface area contributed by atoms with E-state index in [1.807, 2.05) is 18.3 Å². The van der Waals surface area contributed by atoms with Crippen LogP contribution in [0.3, 0.4) is 0 Å². The standard InChI is InChI=1S/C27H27N5O4/c1-19(33)21-5-8-24(9-6-21)36-18-26(34)29-27-28-25-10-7-23(17-32(25)30-27)22-4-2-3-20(15-22)16-31-11-13-35-14-12-31/h2-10,15,17H,11-14,16,18H2,1H3,(H,29,30,34). The summed E-state index contributed by atoms with van der Waals surface area (Å²) in [6, 6.07) is 19.0. The Bertz CT molecular complexity index is 1380. The number of anilines is 1. The lowest BCUT2D eigenvalue weighted by Crippen LogP contribution is -2.35. The average Bonchev–Trinajstić information content (AvgIpc) is 3.30. The molecule has 0 spiro atoms. The number of hydrogen-bond donors (Lipinski definition) is 1. The molecule has 1 fully saturated rings. The molecule has 4 aromatic rings. The molecular weight excluding hydrogens is 458 g/mol. The van der Waals surface area contributed by atoms with Gasteiger partial charge < -0.3 is 9.47 Å². The molecule has 1 saturated heterocycles. The molecule has 2 aromatic carbocycles. The predicted molar refractivity (Wildman–Crippen MR) is 135 cm³/mol. The summed E-state index contributed by atoms with van der Waals surface area (Å²) in [6.45, 7) is 5.64. The minimum absolute atomic E-state index is 0.0268. The van der Waals surface area contributed by atoms with Crippen LogP contribution >= 0.6 is 0 Å². The van der Waals surface area contributed by atoms with Gasteiger partial charge in [0.15, 0.2) is 18.0 Å². The van der Waals surface area contributed by atoms with Crippen molar-refractivity contribution in [3.05, 3.63) is 78.0 Å². The number of nitrogens with one attached hydrogen (secondary N) is 1. The van der Waals surface area contributed by atoms with Crippen molar-refractivity contribution in [2.24, 2.45) is 0 Å². The molecule has 0 aliphatic carbocycles. The van der Waals surface area contributed by atoms with Gasteiger partial charge in [0.05, 0.1) is 13.2 Å². The van der Waals surface area contributed by atoms with Crippen LogP contribution in [0.1, 0.15) is 22.8 Å². The molecule has 0 unspecified atom stereocenters. The van der Waals surface area contributed by atoms with Crippen LogP contribution in [0.5, 0.6) is 5.75 Å². The normalized spacial score (nSPS) is 14.0. The zero-order chi connectivity index (χ0) is 24.9. The molecule has 0 atom stereocenters. The van der Waals surface area contributed by atoms with Gasteiger partial charge in [0.1, 0.15) is 5.75 Å². The number of Topliss-reactive ketones (excluding diaryl/α,β-unsaturated/α-hetero) is 1. The molecular formula is C27H27N5O4. The second kappa shape index (κ2) is 10.7. The summed E-state index contributed by atoms with van der Waals surface area (Å²) in [5, 5.41) is 7.07. The van der Waals surface area contributed by atoms with Crippen molar-refractivity contribution in [1.29, 1.82) is 0 Å². The number of carbonyl (C=O) groups excluding carboxylic acids is 2. The Morgan fingerprint density at radius 1 is 1.03 bits per heavy atom. The van der Waals surface area contributed by atoms with E-state index in [2.05, 4.69) is 44.6 Å². The molecule has 0 radical (unpaired) electrons. The number of hydrogen-bond acceptors (Lipinski definition) is 7. The first-order valence-electron chi connectivity index (χ1n) is 11.8. The Morgan fingerprint density at radius 3 is 2.61 bits per heavy atom. The number of morpholine rings is 1. The Hall–Kier alpha value is -4.08. The van der Waals surface area contributed by atoms with Crippen molar-refractivity contribution < 1.29 is 19.1 Å². The summed E-state index contributed by atoms with van der Waals surface area (Å²) in [5.41, 5.74) is 4.56. The van der Waals surface area contributed by atoms with E-state index < -0.39 is 0 Å². The van der Waals surface area contributed by atoms with Crippen molar-refractivity contribution in [2.75, 3.05) is 38.2 Å². The Kier molecular flexibility index (Phi) is 7.01. The number of rotatable bonds is 8. The zero-order valence-corrected chi connectivity index (χ0v) is 20.0. The van der Waals surface area contributed by atoms with Gasteiger partial charge >= 0.3 is 0 Å². The lowest BCUT2D eigenvalue weighted by Gasteiger charge is -2.26. The van der Waals surface area contributed by atoms with Crippen molar-refractivity contribution in [3.8, 4) is 16.9 Å². The minimum Gasteiger partial charge on any atom is -0.484 e. The average molecular weight is 486 g/mol. The number of ketones is 1. The van der Waals surface area contributed by atoms with Gasteiger partial charge in [0.25, 0.3) is 5.91 Å². The molecule has 1 amide bonds. The van der Waals surface area contributed by atoms with Crippen molar-refractivity contribution in [2.45, 2.75) is 13.5 Å². The van der Waals surface area contributed by atoms with E-state index in [9.17, 15) is 9.59 Å². The van der Waals surface area contributed by atoms with E-state index in [1.165, 1.54) is 12.5 Å². The highest BCUT2D eigenvalue weighted by molar-refractivity contribution is 5.94. The Morgan fingerprint density at radius 2 is 1.83 bits per heavy atom. The van der Waals surface area contributed by atoms with Gasteiger partial charge in [-0.1, -0.05) is 18.2 Å². The maximum atomic E-state index is 12.3. The smallest absolute Gasteiger partial charge is 0.264 e. The highest BCUT2D eigenvalue weighted by Gasteiger charge is 2.13. The highest BCUT2D eigenvalue weighted by Crippen LogP contribution is 2.22. The first kappa shape index (κ1) is 23.7. The maximum absolute atomic E-state index is 12.3. The second-order valence-electron chi connectivity index (χ2n) is 8.66. The predicted octanol–water partition coefficient (Wildman–Crippen LogP) is 3.45. The fourth-order valence-electron chi connectivity index (χ4n) is 4.07. The van der Waals surface area contributed by atoms with Gasteiger partial charge in [-0.2, -0.15) is 4.98 Å². The van der Waals surface area contributed by atoms with E-state index in [-0.39, 0.29) is 24.2 Å². The van der Waals surface area contributed by atoms with Gasteiger partial charge in [0.2, 0.25) is 5.95 Å². The summed E-state index contributed by atoms with van der Waals surface area (Å²) in [5.74, 6) is 0.297. The lowest BCUT2D eigenvalue weighted by atomic mass is 10.0. The fraction of sp³-hybridized carbons (Fsp3) is 0.259. The fourth-order valence-corrected chi connectivity index (χ4v) is 4.07. The number of benzene rings is 2. The summed E-state index contributed by atoms with van der Waals surface area (Å²) >= 11 is 0. The third kappa shape index (κ3) is 5.76. The molecule has 9 heteroatoms. The zero-order valence-electron chi connectivity index (χ0n) is 20.0.